The molecule has 0 aromatic rings. The maximum absolute atomic E-state index is 12.6. The van der Waals surface area contributed by atoms with Crippen molar-refractivity contribution in [2.24, 2.45) is 10.8 Å². The van der Waals surface area contributed by atoms with Crippen LogP contribution in [0.5, 0.6) is 0 Å². The third-order valence-corrected chi connectivity index (χ3v) is 7.57. The van der Waals surface area contributed by atoms with E-state index in [2.05, 4.69) is 13.8 Å². The van der Waals surface area contributed by atoms with Crippen LogP contribution in [-0.4, -0.2) is 106 Å². The van der Waals surface area contributed by atoms with Crippen molar-refractivity contribution < 1.29 is 38.7 Å². The smallest absolute Gasteiger partial charge is 0.410 e. The van der Waals surface area contributed by atoms with Crippen molar-refractivity contribution in [3.8, 4) is 0 Å². The zero-order valence-corrected chi connectivity index (χ0v) is 26.4. The average molecular weight is 577 g/mol. The first-order chi connectivity index (χ1) is 19.2. The van der Waals surface area contributed by atoms with Crippen LogP contribution in [0.15, 0.2) is 0 Å². The van der Waals surface area contributed by atoms with E-state index in [0.29, 0.717) is 39.3 Å². The number of hydrogen-bond acceptors (Lipinski definition) is 8. The monoisotopic (exact) mass is 576 g/mol. The third-order valence-electron chi connectivity index (χ3n) is 7.57. The van der Waals surface area contributed by atoms with Gasteiger partial charge in [-0.1, -0.05) is 72.6 Å². The van der Waals surface area contributed by atoms with E-state index in [1.165, 1.54) is 49.6 Å². The largest absolute Gasteiger partial charge is 0.449 e. The number of hydrogen-bond donors (Lipinski definition) is 2. The Bertz CT molecular complexity index is 641. The average Bonchev–Trinajstić information content (AvgIpc) is 2.97. The van der Waals surface area contributed by atoms with E-state index in [4.69, 9.17) is 18.9 Å². The van der Waals surface area contributed by atoms with Gasteiger partial charge in [0.05, 0.1) is 37.3 Å². The van der Waals surface area contributed by atoms with Gasteiger partial charge >= 0.3 is 12.2 Å². The highest BCUT2D eigenvalue weighted by Crippen LogP contribution is 2.24. The lowest BCUT2D eigenvalue weighted by molar-refractivity contribution is -0.0441. The van der Waals surface area contributed by atoms with E-state index in [1.54, 1.807) is 0 Å². The van der Waals surface area contributed by atoms with Crippen LogP contribution >= 0.6 is 0 Å². The second-order valence-electron chi connectivity index (χ2n) is 11.2. The van der Waals surface area contributed by atoms with E-state index in [1.807, 2.05) is 13.8 Å². The zero-order valence-electron chi connectivity index (χ0n) is 26.4. The fourth-order valence-corrected chi connectivity index (χ4v) is 4.00. The first-order valence-electron chi connectivity index (χ1n) is 15.3. The van der Waals surface area contributed by atoms with E-state index in [0.717, 1.165) is 32.1 Å². The molecule has 238 valence electrons. The number of unbranched alkanes of at least 4 members (excludes halogenated alkanes) is 7. The Morgan fingerprint density at radius 3 is 1.32 bits per heavy atom. The van der Waals surface area contributed by atoms with Crippen LogP contribution in [0.4, 0.5) is 9.59 Å². The Kier molecular flexibility index (Phi) is 22.1. The molecule has 0 aliphatic heterocycles. The van der Waals surface area contributed by atoms with Gasteiger partial charge in [0.15, 0.2) is 0 Å². The molecule has 0 spiro atoms. The van der Waals surface area contributed by atoms with E-state index < -0.39 is 23.0 Å². The Labute approximate surface area is 243 Å². The number of aliphatic hydroxyl groups is 2. The SMILES string of the molecule is CCCCCCCOCC(CC)(CO)COC(=O)N(C)CN(C)C(=O)OCC(CC)(CO)COCCCCCC. The first-order valence-corrected chi connectivity index (χ1v) is 15.3. The van der Waals surface area contributed by atoms with Gasteiger partial charge in [-0.05, 0) is 25.7 Å². The molecule has 2 unspecified atom stereocenters. The van der Waals surface area contributed by atoms with Crippen LogP contribution in [0.1, 0.15) is 98.3 Å². The van der Waals surface area contributed by atoms with Crippen LogP contribution in [0.25, 0.3) is 0 Å². The minimum Gasteiger partial charge on any atom is -0.449 e. The maximum atomic E-state index is 12.6. The fraction of sp³-hybridized carbons (Fsp3) is 0.933. The highest BCUT2D eigenvalue weighted by molar-refractivity contribution is 5.70. The summed E-state index contributed by atoms with van der Waals surface area (Å²) in [5.41, 5.74) is -1.34. The summed E-state index contributed by atoms with van der Waals surface area (Å²) < 4.78 is 22.6. The zero-order chi connectivity index (χ0) is 30.3. The second-order valence-corrected chi connectivity index (χ2v) is 11.2. The summed E-state index contributed by atoms with van der Waals surface area (Å²) in [6.45, 7) is 9.71. The molecule has 0 rings (SSSR count). The number of nitrogens with zero attached hydrogens (tertiary/aromatic N) is 2. The molecular formula is C30H60N2O8. The van der Waals surface area contributed by atoms with Crippen LogP contribution in [0.3, 0.4) is 0 Å². The molecule has 0 fully saturated rings. The van der Waals surface area contributed by atoms with Gasteiger partial charge in [0.1, 0.15) is 19.9 Å². The van der Waals surface area contributed by atoms with Crippen LogP contribution in [-0.2, 0) is 18.9 Å². The predicted octanol–water partition coefficient (Wildman–Crippen LogP) is 5.44. The summed E-state index contributed by atoms with van der Waals surface area (Å²) in [4.78, 5) is 27.8. The van der Waals surface area contributed by atoms with Gasteiger partial charge in [-0.2, -0.15) is 0 Å². The lowest BCUT2D eigenvalue weighted by Gasteiger charge is -2.32. The summed E-state index contributed by atoms with van der Waals surface area (Å²) in [7, 11) is 3.06. The minimum atomic E-state index is -0.670. The van der Waals surface area contributed by atoms with Crippen molar-refractivity contribution >= 4 is 12.2 Å². The number of rotatable bonds is 25. The van der Waals surface area contributed by atoms with Crippen LogP contribution in [0.2, 0.25) is 0 Å². The van der Waals surface area contributed by atoms with Gasteiger partial charge in [-0.15, -0.1) is 0 Å². The highest BCUT2D eigenvalue weighted by atomic mass is 16.6. The standard InChI is InChI=1S/C30H60N2O8/c1-7-11-13-15-17-19-38-23-30(10-4,21-34)25-40-28(36)32(6)26-31(5)27(35)39-24-29(9-3,20-33)22-37-18-16-14-12-8-2/h33-34H,7-26H2,1-6H3. The summed E-state index contributed by atoms with van der Waals surface area (Å²) in [6.07, 6.45) is 10.1. The van der Waals surface area contributed by atoms with Crippen molar-refractivity contribution in [1.82, 2.24) is 9.80 Å². The van der Waals surface area contributed by atoms with Crippen LogP contribution < -0.4 is 0 Å². The number of ether oxygens (including phenoxy) is 4. The van der Waals surface area contributed by atoms with Crippen molar-refractivity contribution in [3.05, 3.63) is 0 Å². The Morgan fingerprint density at radius 2 is 0.975 bits per heavy atom. The molecule has 10 heteroatoms. The molecule has 0 saturated carbocycles. The number of carbonyl (C=O) groups excluding carboxylic acids is 2. The molecule has 0 radical (unpaired) electrons. The molecule has 0 heterocycles. The number of amides is 2. The summed E-state index contributed by atoms with van der Waals surface area (Å²) in [5.74, 6) is 0. The molecule has 0 aromatic heterocycles. The molecule has 2 amide bonds. The van der Waals surface area contributed by atoms with Crippen LogP contribution in [0, 0.1) is 10.8 Å². The van der Waals surface area contributed by atoms with Crippen molar-refractivity contribution in [2.45, 2.75) is 98.3 Å². The minimum absolute atomic E-state index is 0.0143. The lowest BCUT2D eigenvalue weighted by Crippen LogP contribution is -2.44. The van der Waals surface area contributed by atoms with Gasteiger partial charge in [-0.25, -0.2) is 9.59 Å². The molecule has 0 aliphatic rings. The van der Waals surface area contributed by atoms with E-state index in [-0.39, 0.29) is 33.1 Å². The van der Waals surface area contributed by atoms with E-state index in [9.17, 15) is 19.8 Å². The topological polar surface area (TPSA) is 118 Å². The fourth-order valence-electron chi connectivity index (χ4n) is 4.00. The third kappa shape index (κ3) is 16.0. The molecule has 10 nitrogen and oxygen atoms in total. The van der Waals surface area contributed by atoms with Gasteiger partial charge in [-0.3, -0.25) is 9.80 Å². The quantitative estimate of drug-likeness (QED) is 0.109. The first kappa shape index (κ1) is 38.4. The molecular weight excluding hydrogens is 516 g/mol. The van der Waals surface area contributed by atoms with Gasteiger partial charge in [0.25, 0.3) is 0 Å². The summed E-state index contributed by atoms with van der Waals surface area (Å²) in [5, 5.41) is 20.0. The number of aliphatic hydroxyl groups excluding tert-OH is 2. The Balaban J connectivity index is 4.61. The molecule has 0 aromatic carbocycles. The number of carbonyl (C=O) groups is 2. The molecule has 0 bridgehead atoms. The summed E-state index contributed by atoms with van der Waals surface area (Å²) in [6, 6.07) is 0. The molecule has 2 atom stereocenters. The Morgan fingerprint density at radius 1 is 0.600 bits per heavy atom. The van der Waals surface area contributed by atoms with Gasteiger partial charge in [0, 0.05) is 27.3 Å². The van der Waals surface area contributed by atoms with E-state index >= 15 is 0 Å². The highest BCUT2D eigenvalue weighted by Gasteiger charge is 2.32. The van der Waals surface area contributed by atoms with Gasteiger partial charge in [0.2, 0.25) is 0 Å². The predicted molar refractivity (Wildman–Crippen MR) is 157 cm³/mol. The molecule has 40 heavy (non-hydrogen) atoms. The van der Waals surface area contributed by atoms with Crippen molar-refractivity contribution in [1.29, 1.82) is 0 Å². The van der Waals surface area contributed by atoms with Gasteiger partial charge < -0.3 is 29.2 Å². The molecule has 0 aliphatic carbocycles. The Hall–Kier alpha value is -1.62. The van der Waals surface area contributed by atoms with Crippen molar-refractivity contribution in [2.75, 3.05) is 73.6 Å². The molecule has 2 N–H and O–H groups in total. The summed E-state index contributed by atoms with van der Waals surface area (Å²) >= 11 is 0. The lowest BCUT2D eigenvalue weighted by atomic mass is 9.88. The normalized spacial score (nSPS) is 14.3. The second kappa shape index (κ2) is 23.0. The van der Waals surface area contributed by atoms with Crippen molar-refractivity contribution in [3.63, 3.8) is 0 Å². The maximum Gasteiger partial charge on any atom is 0.410 e. The molecule has 0 saturated heterocycles.